The number of nitrogens with one attached hydrogen (secondary N) is 1. The summed E-state index contributed by atoms with van der Waals surface area (Å²) in [5, 5.41) is 0.0848. The molecule has 0 saturated carbocycles. The van der Waals surface area contributed by atoms with Crippen LogP contribution in [0.4, 0.5) is 10.1 Å². The molecule has 0 fully saturated rings. The van der Waals surface area contributed by atoms with E-state index < -0.39 is 20.7 Å². The number of hydrogen-bond donors (Lipinski definition) is 1. The third-order valence-corrected chi connectivity index (χ3v) is 5.23. The summed E-state index contributed by atoms with van der Waals surface area (Å²) in [6.07, 6.45) is 0. The molecule has 0 bridgehead atoms. The van der Waals surface area contributed by atoms with Crippen LogP contribution in [0.2, 0.25) is 5.02 Å². The number of ether oxygens (including phenoxy) is 2. The summed E-state index contributed by atoms with van der Waals surface area (Å²) in [6, 6.07) is 6.72. The second-order valence-electron chi connectivity index (χ2n) is 4.34. The monoisotopic (exact) mass is 423 g/mol. The highest BCUT2D eigenvalue weighted by molar-refractivity contribution is 9.10. The number of benzene rings is 2. The van der Waals surface area contributed by atoms with Crippen molar-refractivity contribution in [3.05, 3.63) is 45.6 Å². The highest BCUT2D eigenvalue weighted by Crippen LogP contribution is 2.37. The van der Waals surface area contributed by atoms with Gasteiger partial charge in [0.15, 0.2) is 17.3 Å². The van der Waals surface area contributed by atoms with E-state index in [1.165, 1.54) is 38.5 Å². The lowest BCUT2D eigenvalue weighted by atomic mass is 10.3. The van der Waals surface area contributed by atoms with E-state index in [-0.39, 0.29) is 20.9 Å². The van der Waals surface area contributed by atoms with Crippen LogP contribution in [0.25, 0.3) is 0 Å². The molecule has 2 aromatic rings. The van der Waals surface area contributed by atoms with Crippen LogP contribution >= 0.6 is 27.5 Å². The van der Waals surface area contributed by atoms with Gasteiger partial charge in [0.05, 0.1) is 29.4 Å². The number of anilines is 1. The van der Waals surface area contributed by atoms with Gasteiger partial charge >= 0.3 is 0 Å². The summed E-state index contributed by atoms with van der Waals surface area (Å²) in [5.41, 5.74) is 0.0451. The zero-order chi connectivity index (χ0) is 17.2. The summed E-state index contributed by atoms with van der Waals surface area (Å²) in [6.45, 7) is 0. The molecule has 5 nitrogen and oxygen atoms in total. The van der Waals surface area contributed by atoms with E-state index >= 15 is 0 Å². The van der Waals surface area contributed by atoms with E-state index in [9.17, 15) is 12.8 Å². The largest absolute Gasteiger partial charge is 0.493 e. The molecule has 0 heterocycles. The number of rotatable bonds is 5. The molecule has 124 valence electrons. The van der Waals surface area contributed by atoms with Crippen LogP contribution in [0.3, 0.4) is 0 Å². The summed E-state index contributed by atoms with van der Waals surface area (Å²) >= 11 is 8.99. The molecule has 0 unspecified atom stereocenters. The van der Waals surface area contributed by atoms with Crippen molar-refractivity contribution in [3.63, 3.8) is 0 Å². The van der Waals surface area contributed by atoms with E-state index in [1.54, 1.807) is 0 Å². The predicted octanol–water partition coefficient (Wildman–Crippen LogP) is 4.06. The molecule has 0 aliphatic rings. The third-order valence-electron chi connectivity index (χ3n) is 2.92. The lowest BCUT2D eigenvalue weighted by Gasteiger charge is -2.14. The van der Waals surface area contributed by atoms with Crippen LogP contribution in [-0.4, -0.2) is 22.6 Å². The van der Waals surface area contributed by atoms with Crippen molar-refractivity contribution >= 4 is 43.2 Å². The molecule has 1 N–H and O–H groups in total. The molecule has 0 spiro atoms. The first kappa shape index (κ1) is 17.8. The molecular weight excluding hydrogens is 413 g/mol. The average Bonchev–Trinajstić information content (AvgIpc) is 2.51. The Kier molecular flexibility index (Phi) is 5.38. The van der Waals surface area contributed by atoms with Gasteiger partial charge in [0, 0.05) is 12.1 Å². The van der Waals surface area contributed by atoms with Crippen LogP contribution in [0.15, 0.2) is 39.7 Å². The van der Waals surface area contributed by atoms with Gasteiger partial charge in [-0.2, -0.15) is 0 Å². The number of hydrogen-bond acceptors (Lipinski definition) is 4. The molecule has 23 heavy (non-hydrogen) atoms. The SMILES string of the molecule is COc1cc(Cl)c(NS(=O)(=O)c2cccc(Br)c2F)cc1OC. The van der Waals surface area contributed by atoms with Gasteiger partial charge in [-0.3, -0.25) is 4.72 Å². The van der Waals surface area contributed by atoms with Crippen LogP contribution in [-0.2, 0) is 10.0 Å². The normalized spacial score (nSPS) is 11.2. The Morgan fingerprint density at radius 3 is 2.39 bits per heavy atom. The molecule has 0 atom stereocenters. The lowest BCUT2D eigenvalue weighted by Crippen LogP contribution is -2.15. The van der Waals surface area contributed by atoms with Crippen molar-refractivity contribution < 1.29 is 22.3 Å². The summed E-state index contributed by atoms with van der Waals surface area (Å²) in [7, 11) is -1.34. The van der Waals surface area contributed by atoms with Crippen molar-refractivity contribution in [1.29, 1.82) is 0 Å². The van der Waals surface area contributed by atoms with Gasteiger partial charge in [0.25, 0.3) is 10.0 Å². The van der Waals surface area contributed by atoms with Gasteiger partial charge in [-0.15, -0.1) is 0 Å². The molecule has 0 aliphatic carbocycles. The molecule has 9 heteroatoms. The van der Waals surface area contributed by atoms with Crippen LogP contribution in [0.1, 0.15) is 0 Å². The standard InChI is InChI=1S/C14H12BrClFNO4S/c1-21-11-6-9(16)10(7-12(11)22-2)18-23(19,20)13-5-3-4-8(15)14(13)17/h3-7,18H,1-2H3. The van der Waals surface area contributed by atoms with E-state index in [4.69, 9.17) is 21.1 Å². The van der Waals surface area contributed by atoms with Crippen molar-refractivity contribution in [2.75, 3.05) is 18.9 Å². The van der Waals surface area contributed by atoms with Gasteiger partial charge in [0.1, 0.15) is 4.90 Å². The fourth-order valence-corrected chi connectivity index (χ4v) is 3.75. The number of halogens is 3. The van der Waals surface area contributed by atoms with E-state index in [0.29, 0.717) is 5.75 Å². The Morgan fingerprint density at radius 2 is 1.78 bits per heavy atom. The van der Waals surface area contributed by atoms with Crippen LogP contribution in [0, 0.1) is 5.82 Å². The summed E-state index contributed by atoms with van der Waals surface area (Å²) in [4.78, 5) is -0.502. The van der Waals surface area contributed by atoms with Gasteiger partial charge in [-0.25, -0.2) is 12.8 Å². The lowest BCUT2D eigenvalue weighted by molar-refractivity contribution is 0.355. The average molecular weight is 425 g/mol. The Bertz CT molecular complexity index is 845. The molecule has 0 aliphatic heterocycles. The minimum Gasteiger partial charge on any atom is -0.493 e. The maximum absolute atomic E-state index is 14.0. The first-order valence-corrected chi connectivity index (χ1v) is 8.84. The minimum atomic E-state index is -4.17. The molecular formula is C14H12BrClFNO4S. The number of methoxy groups -OCH3 is 2. The Hall–Kier alpha value is -1.51. The summed E-state index contributed by atoms with van der Waals surface area (Å²) < 4.78 is 51.2. The molecule has 0 aromatic heterocycles. The third kappa shape index (κ3) is 3.70. The topological polar surface area (TPSA) is 64.6 Å². The Balaban J connectivity index is 2.47. The van der Waals surface area contributed by atoms with Crippen LogP contribution < -0.4 is 14.2 Å². The van der Waals surface area contributed by atoms with Gasteiger partial charge < -0.3 is 9.47 Å². The van der Waals surface area contributed by atoms with E-state index in [0.717, 1.165) is 6.07 Å². The van der Waals surface area contributed by atoms with Crippen LogP contribution in [0.5, 0.6) is 11.5 Å². The smallest absolute Gasteiger partial charge is 0.264 e. The maximum atomic E-state index is 14.0. The zero-order valence-corrected chi connectivity index (χ0v) is 15.2. The van der Waals surface area contributed by atoms with Gasteiger partial charge in [-0.05, 0) is 28.1 Å². The highest BCUT2D eigenvalue weighted by Gasteiger charge is 2.22. The van der Waals surface area contributed by atoms with Gasteiger partial charge in [0.2, 0.25) is 0 Å². The van der Waals surface area contributed by atoms with E-state index in [2.05, 4.69) is 20.7 Å². The second kappa shape index (κ2) is 6.94. The Labute approximate surface area is 146 Å². The fraction of sp³-hybridized carbons (Fsp3) is 0.143. The molecule has 2 rings (SSSR count). The van der Waals surface area contributed by atoms with Gasteiger partial charge in [-0.1, -0.05) is 17.7 Å². The maximum Gasteiger partial charge on any atom is 0.264 e. The molecule has 0 amide bonds. The van der Waals surface area contributed by atoms with Crippen molar-refractivity contribution in [3.8, 4) is 11.5 Å². The minimum absolute atomic E-state index is 0.0405. The number of sulfonamides is 1. The summed E-state index contributed by atoms with van der Waals surface area (Å²) in [5.74, 6) is -0.269. The van der Waals surface area contributed by atoms with Crippen molar-refractivity contribution in [1.82, 2.24) is 0 Å². The highest BCUT2D eigenvalue weighted by atomic mass is 79.9. The van der Waals surface area contributed by atoms with Crippen molar-refractivity contribution in [2.24, 2.45) is 0 Å². The zero-order valence-electron chi connectivity index (χ0n) is 12.1. The fourth-order valence-electron chi connectivity index (χ4n) is 1.82. The Morgan fingerprint density at radius 1 is 1.17 bits per heavy atom. The van der Waals surface area contributed by atoms with Crippen molar-refractivity contribution in [2.45, 2.75) is 4.90 Å². The molecule has 0 radical (unpaired) electrons. The van der Waals surface area contributed by atoms with E-state index in [1.807, 2.05) is 0 Å². The predicted molar refractivity (Wildman–Crippen MR) is 89.5 cm³/mol. The quantitative estimate of drug-likeness (QED) is 0.786. The molecule has 2 aromatic carbocycles. The second-order valence-corrected chi connectivity index (χ2v) is 7.26. The first-order valence-electron chi connectivity index (χ1n) is 6.18. The first-order chi connectivity index (χ1) is 10.8. The molecule has 0 saturated heterocycles.